The minimum atomic E-state index is -4.58. The van der Waals surface area contributed by atoms with E-state index in [9.17, 15) is 31.8 Å². The first-order chi connectivity index (χ1) is 19.0. The van der Waals surface area contributed by atoms with E-state index in [2.05, 4.69) is 20.8 Å². The molecule has 4 nitrogen and oxygen atoms in total. The summed E-state index contributed by atoms with van der Waals surface area (Å²) in [6, 6.07) is 8.56. The molecule has 1 aromatic carbocycles. The molecule has 0 spiro atoms. The smallest absolute Gasteiger partial charge is 0.393 e. The van der Waals surface area contributed by atoms with E-state index in [-0.39, 0.29) is 41.9 Å². The van der Waals surface area contributed by atoms with Crippen molar-refractivity contribution in [3.63, 3.8) is 0 Å². The molecule has 8 heteroatoms. The van der Waals surface area contributed by atoms with Crippen molar-refractivity contribution < 1.29 is 31.8 Å². The number of alkyl halides is 3. The molecule has 0 saturated heterocycles. The molecule has 11 atom stereocenters. The number of fused-ring (bicyclic) bond motifs is 5. The number of hydrogen-bond acceptors (Lipinski definition) is 4. The van der Waals surface area contributed by atoms with Crippen molar-refractivity contribution in [2.75, 3.05) is 0 Å². The van der Waals surface area contributed by atoms with Crippen LogP contribution in [0.4, 0.5) is 13.2 Å². The molecule has 4 saturated carbocycles. The van der Waals surface area contributed by atoms with E-state index in [4.69, 9.17) is 0 Å². The van der Waals surface area contributed by atoms with E-state index in [1.165, 1.54) is 0 Å². The van der Waals surface area contributed by atoms with Crippen molar-refractivity contribution in [3.05, 3.63) is 30.3 Å². The first-order valence-corrected chi connectivity index (χ1v) is 17.3. The van der Waals surface area contributed by atoms with E-state index in [1.807, 2.05) is 0 Å². The molecular weight excluding hydrogens is 549 g/mol. The largest absolute Gasteiger partial charge is 0.417 e. The maximum absolute atomic E-state index is 13.7. The van der Waals surface area contributed by atoms with Crippen LogP contribution in [0.3, 0.4) is 0 Å². The van der Waals surface area contributed by atoms with Crippen molar-refractivity contribution in [1.82, 2.24) is 0 Å². The van der Waals surface area contributed by atoms with Crippen LogP contribution in [0.5, 0.6) is 0 Å². The van der Waals surface area contributed by atoms with Crippen LogP contribution < -0.4 is 0 Å². The Morgan fingerprint density at radius 3 is 2.20 bits per heavy atom. The highest BCUT2D eigenvalue weighted by Crippen LogP contribution is 2.69. The minimum Gasteiger partial charge on any atom is -0.393 e. The molecule has 0 bridgehead atoms. The Balaban J connectivity index is 1.33. The number of hydrogen-bond donors (Lipinski definition) is 2. The van der Waals surface area contributed by atoms with Gasteiger partial charge in [0.2, 0.25) is 0 Å². The molecule has 41 heavy (non-hydrogen) atoms. The molecule has 4 aliphatic carbocycles. The lowest BCUT2D eigenvalue weighted by molar-refractivity contribution is -0.290. The summed E-state index contributed by atoms with van der Waals surface area (Å²) in [5.41, 5.74) is -2.64. The van der Waals surface area contributed by atoms with Gasteiger partial charge in [0.05, 0.1) is 16.2 Å². The normalized spacial score (nSPS) is 41.5. The lowest BCUT2D eigenvalue weighted by Gasteiger charge is -2.62. The van der Waals surface area contributed by atoms with Gasteiger partial charge in [-0.3, -0.25) is 0 Å². The highest BCUT2D eigenvalue weighted by molar-refractivity contribution is 7.92. The molecule has 0 amide bonds. The van der Waals surface area contributed by atoms with E-state index in [0.717, 1.165) is 38.5 Å². The molecule has 0 aliphatic heterocycles. The maximum Gasteiger partial charge on any atom is 0.417 e. The minimum absolute atomic E-state index is 0.0804. The van der Waals surface area contributed by atoms with Crippen LogP contribution in [0.15, 0.2) is 35.2 Å². The second kappa shape index (κ2) is 10.8. The van der Waals surface area contributed by atoms with Gasteiger partial charge in [-0.15, -0.1) is 0 Å². The monoisotopic (exact) mass is 598 g/mol. The van der Waals surface area contributed by atoms with Gasteiger partial charge < -0.3 is 10.2 Å². The fourth-order valence-corrected chi connectivity index (χ4v) is 12.6. The Morgan fingerprint density at radius 2 is 1.56 bits per heavy atom. The van der Waals surface area contributed by atoms with Crippen molar-refractivity contribution in [3.8, 4) is 0 Å². The molecule has 1 aromatic rings. The van der Waals surface area contributed by atoms with Gasteiger partial charge in [-0.2, -0.15) is 13.2 Å². The molecule has 0 aromatic heterocycles. The van der Waals surface area contributed by atoms with Crippen LogP contribution in [-0.2, 0) is 9.84 Å². The highest BCUT2D eigenvalue weighted by Gasteiger charge is 2.65. The van der Waals surface area contributed by atoms with Gasteiger partial charge >= 0.3 is 6.18 Å². The quantitative estimate of drug-likeness (QED) is 0.339. The topological polar surface area (TPSA) is 74.6 Å². The molecule has 232 valence electrons. The summed E-state index contributed by atoms with van der Waals surface area (Å²) in [5, 5.41) is 20.1. The van der Waals surface area contributed by atoms with E-state index in [0.29, 0.717) is 41.4 Å². The molecule has 1 unspecified atom stereocenters. The van der Waals surface area contributed by atoms with Crippen molar-refractivity contribution in [2.24, 2.45) is 46.3 Å². The van der Waals surface area contributed by atoms with E-state index in [1.54, 1.807) is 37.3 Å². The van der Waals surface area contributed by atoms with Crippen LogP contribution in [0, 0.1) is 46.3 Å². The summed E-state index contributed by atoms with van der Waals surface area (Å²) < 4.78 is 68.4. The van der Waals surface area contributed by atoms with Gasteiger partial charge in [0.25, 0.3) is 0 Å². The number of benzene rings is 1. The average molecular weight is 599 g/mol. The Bertz CT molecular complexity index is 1190. The molecule has 4 fully saturated rings. The van der Waals surface area contributed by atoms with Crippen molar-refractivity contribution in [1.29, 1.82) is 0 Å². The summed E-state index contributed by atoms with van der Waals surface area (Å²) >= 11 is 0. The zero-order valence-corrected chi connectivity index (χ0v) is 25.9. The zero-order chi connectivity index (χ0) is 30.0. The number of halogens is 3. The van der Waals surface area contributed by atoms with Crippen LogP contribution in [0.2, 0.25) is 0 Å². The summed E-state index contributed by atoms with van der Waals surface area (Å²) in [6.45, 7) is 8.45. The number of aliphatic hydroxyl groups excluding tert-OH is 1. The van der Waals surface area contributed by atoms with Crippen LogP contribution in [-0.4, -0.2) is 41.8 Å². The third-order valence-electron chi connectivity index (χ3n) is 12.8. The highest BCUT2D eigenvalue weighted by atomic mass is 32.2. The molecule has 0 heterocycles. The lowest BCUT2D eigenvalue weighted by Crippen LogP contribution is -2.59. The molecule has 5 rings (SSSR count). The van der Waals surface area contributed by atoms with Crippen LogP contribution in [0.1, 0.15) is 98.3 Å². The Labute approximate surface area is 244 Å². The SMILES string of the molecule is C[C@H](O)CC(C[C@@H](C)[C@H]1CC[C@H]2[C@@H]3CC[C@H]4C[C@](O)(C(F)(F)F)CC[C@]4(C)[C@H]3CC[C@]12C)S(=O)(=O)c1ccccc1. The first-order valence-electron chi connectivity index (χ1n) is 15.8. The number of sulfone groups is 1. The predicted octanol–water partition coefficient (Wildman–Crippen LogP) is 7.58. The molecule has 2 N–H and O–H groups in total. The zero-order valence-electron chi connectivity index (χ0n) is 25.0. The maximum atomic E-state index is 13.7. The Morgan fingerprint density at radius 1 is 0.902 bits per heavy atom. The fraction of sp³-hybridized carbons (Fsp3) is 0.818. The Kier molecular flexibility index (Phi) is 8.25. The third kappa shape index (κ3) is 5.30. The summed E-state index contributed by atoms with van der Waals surface area (Å²) in [6.07, 6.45) is 1.32. The second-order valence-corrected chi connectivity index (χ2v) is 17.1. The first kappa shape index (κ1) is 31.3. The van der Waals surface area contributed by atoms with Gasteiger partial charge in [0.15, 0.2) is 15.4 Å². The van der Waals surface area contributed by atoms with Crippen molar-refractivity contribution in [2.45, 2.75) is 126 Å². The predicted molar refractivity (Wildman–Crippen MR) is 154 cm³/mol. The molecule has 0 radical (unpaired) electrons. The second-order valence-electron chi connectivity index (χ2n) is 14.9. The third-order valence-corrected chi connectivity index (χ3v) is 15.0. The lowest BCUT2D eigenvalue weighted by atomic mass is 9.43. The van der Waals surface area contributed by atoms with Gasteiger partial charge in [0, 0.05) is 0 Å². The van der Waals surface area contributed by atoms with E-state index >= 15 is 0 Å². The van der Waals surface area contributed by atoms with Gasteiger partial charge in [-0.25, -0.2) is 8.42 Å². The summed E-state index contributed by atoms with van der Waals surface area (Å²) in [7, 11) is -3.59. The average Bonchev–Trinajstić information content (AvgIpc) is 3.25. The standard InChI is InChI=1S/C33H49F3O4S/c1-21(18-25(19-22(2)37)41(39,40)24-8-6-5-7-9-24)27-12-13-28-26-11-10-23-20-32(38,33(34,35)36)17-16-30(23,3)29(26)14-15-31(27,28)4/h5-9,21-23,25-29,37-38H,10-20H2,1-4H3/t21-,22+,23+,25?,26+,27-,28+,29+,30+,31-,32+/m1/s1. The Hall–Kier alpha value is -1.12. The fourth-order valence-electron chi connectivity index (χ4n) is 10.6. The number of aliphatic hydroxyl groups is 2. The van der Waals surface area contributed by atoms with Gasteiger partial charge in [-0.05, 0) is 136 Å². The van der Waals surface area contributed by atoms with Crippen LogP contribution >= 0.6 is 0 Å². The molecular formula is C33H49F3O4S. The van der Waals surface area contributed by atoms with E-state index < -0.39 is 33.0 Å². The van der Waals surface area contributed by atoms with Crippen LogP contribution in [0.25, 0.3) is 0 Å². The molecule has 4 aliphatic rings. The van der Waals surface area contributed by atoms with Gasteiger partial charge in [-0.1, -0.05) is 39.0 Å². The van der Waals surface area contributed by atoms with Gasteiger partial charge in [0.1, 0.15) is 0 Å². The van der Waals surface area contributed by atoms with Crippen molar-refractivity contribution >= 4 is 9.84 Å². The summed E-state index contributed by atoms with van der Waals surface area (Å²) in [4.78, 5) is 0.309. The summed E-state index contributed by atoms with van der Waals surface area (Å²) in [5.74, 6) is 1.80. The number of rotatable bonds is 7.